The van der Waals surface area contributed by atoms with E-state index in [1.807, 2.05) is 48.2 Å². The molecule has 0 saturated carbocycles. The van der Waals surface area contributed by atoms with E-state index in [0.29, 0.717) is 0 Å². The fourth-order valence-corrected chi connectivity index (χ4v) is 4.49. The number of hydrogen-bond donors (Lipinski definition) is 0. The number of aromatic nitrogens is 2. The monoisotopic (exact) mass is 351 g/mol. The highest BCUT2D eigenvalue weighted by Gasteiger charge is 2.29. The molecule has 25 heavy (non-hydrogen) atoms. The molecule has 1 atom stereocenters. The lowest BCUT2D eigenvalue weighted by atomic mass is 10.2. The number of aryl methyl sites for hydroxylation is 1. The number of para-hydroxylation sites is 3. The van der Waals surface area contributed by atoms with Crippen LogP contribution in [0.15, 0.2) is 53.7 Å². The second-order valence-corrected chi connectivity index (χ2v) is 7.56. The number of fused-ring (bicyclic) bond motifs is 2. The summed E-state index contributed by atoms with van der Waals surface area (Å²) in [6, 6.07) is 16.3. The molecule has 0 bridgehead atoms. The SMILES string of the molecule is CCn1c(SC(C)C(=O)N2CCc3ccccc32)nc2ccccc21. The molecule has 4 nitrogen and oxygen atoms in total. The Morgan fingerprint density at radius 3 is 2.80 bits per heavy atom. The van der Waals surface area contributed by atoms with Crippen molar-refractivity contribution >= 4 is 34.4 Å². The zero-order chi connectivity index (χ0) is 17.4. The van der Waals surface area contributed by atoms with Crippen molar-refractivity contribution in [2.24, 2.45) is 0 Å². The molecule has 0 N–H and O–H groups in total. The van der Waals surface area contributed by atoms with E-state index in [1.165, 1.54) is 5.56 Å². The molecule has 4 rings (SSSR count). The Balaban J connectivity index is 1.58. The Labute approximate surface area is 151 Å². The van der Waals surface area contributed by atoms with Gasteiger partial charge in [0.15, 0.2) is 5.16 Å². The first-order valence-corrected chi connectivity index (χ1v) is 9.58. The standard InChI is InChI=1S/C20H21N3OS/c1-3-22-18-11-7-5-9-16(18)21-20(22)25-14(2)19(24)23-13-12-15-8-4-6-10-17(15)23/h4-11,14H,3,12-13H2,1-2H3. The van der Waals surface area contributed by atoms with Crippen LogP contribution in [0.4, 0.5) is 5.69 Å². The van der Waals surface area contributed by atoms with E-state index in [-0.39, 0.29) is 11.2 Å². The third-order valence-corrected chi connectivity index (χ3v) is 5.80. The van der Waals surface area contributed by atoms with Crippen LogP contribution in [0.2, 0.25) is 0 Å². The topological polar surface area (TPSA) is 38.1 Å². The number of nitrogens with zero attached hydrogens (tertiary/aromatic N) is 3. The van der Waals surface area contributed by atoms with Gasteiger partial charge in [-0.2, -0.15) is 0 Å². The third kappa shape index (κ3) is 2.82. The van der Waals surface area contributed by atoms with Gasteiger partial charge in [0.2, 0.25) is 5.91 Å². The van der Waals surface area contributed by atoms with E-state index in [2.05, 4.69) is 23.6 Å². The fourth-order valence-electron chi connectivity index (χ4n) is 3.44. The molecule has 0 fully saturated rings. The highest BCUT2D eigenvalue weighted by Crippen LogP contribution is 2.32. The molecule has 1 amide bonds. The minimum Gasteiger partial charge on any atom is -0.319 e. The zero-order valence-electron chi connectivity index (χ0n) is 14.5. The van der Waals surface area contributed by atoms with Crippen LogP contribution >= 0.6 is 11.8 Å². The number of thioether (sulfide) groups is 1. The van der Waals surface area contributed by atoms with Gasteiger partial charge < -0.3 is 9.47 Å². The number of imidazole rings is 1. The molecule has 1 aliphatic heterocycles. The Kier molecular flexibility index (Phi) is 4.25. The van der Waals surface area contributed by atoms with Crippen molar-refractivity contribution in [3.05, 3.63) is 54.1 Å². The van der Waals surface area contributed by atoms with E-state index >= 15 is 0 Å². The molecule has 5 heteroatoms. The van der Waals surface area contributed by atoms with Gasteiger partial charge in [0.1, 0.15) is 0 Å². The van der Waals surface area contributed by atoms with Crippen LogP contribution < -0.4 is 4.90 Å². The maximum absolute atomic E-state index is 13.0. The Morgan fingerprint density at radius 2 is 1.96 bits per heavy atom. The molecule has 2 aromatic carbocycles. The van der Waals surface area contributed by atoms with E-state index in [4.69, 9.17) is 4.98 Å². The molecule has 1 aromatic heterocycles. The maximum atomic E-state index is 13.0. The molecule has 0 spiro atoms. The number of rotatable bonds is 4. The second-order valence-electron chi connectivity index (χ2n) is 6.26. The molecule has 3 aromatic rings. The number of benzene rings is 2. The van der Waals surface area contributed by atoms with Crippen LogP contribution in [-0.2, 0) is 17.8 Å². The van der Waals surface area contributed by atoms with Crippen molar-refractivity contribution in [3.8, 4) is 0 Å². The predicted molar refractivity (Wildman–Crippen MR) is 103 cm³/mol. The Morgan fingerprint density at radius 1 is 1.20 bits per heavy atom. The summed E-state index contributed by atoms with van der Waals surface area (Å²) >= 11 is 1.55. The summed E-state index contributed by atoms with van der Waals surface area (Å²) in [5.74, 6) is 0.157. The van der Waals surface area contributed by atoms with E-state index < -0.39 is 0 Å². The number of anilines is 1. The van der Waals surface area contributed by atoms with Gasteiger partial charge in [0, 0.05) is 18.8 Å². The second kappa shape index (κ2) is 6.56. The molecule has 0 radical (unpaired) electrons. The summed E-state index contributed by atoms with van der Waals surface area (Å²) in [6.07, 6.45) is 0.937. The quantitative estimate of drug-likeness (QED) is 0.664. The van der Waals surface area contributed by atoms with Crippen molar-refractivity contribution < 1.29 is 4.79 Å². The first-order chi connectivity index (χ1) is 12.2. The van der Waals surface area contributed by atoms with Crippen LogP contribution in [0.3, 0.4) is 0 Å². The van der Waals surface area contributed by atoms with Gasteiger partial charge in [-0.15, -0.1) is 0 Å². The van der Waals surface area contributed by atoms with Gasteiger partial charge in [-0.3, -0.25) is 4.79 Å². The van der Waals surface area contributed by atoms with Gasteiger partial charge in [0.05, 0.1) is 16.3 Å². The summed E-state index contributed by atoms with van der Waals surface area (Å²) in [4.78, 5) is 19.6. The van der Waals surface area contributed by atoms with Crippen molar-refractivity contribution in [2.45, 2.75) is 37.2 Å². The van der Waals surface area contributed by atoms with Crippen molar-refractivity contribution in [1.82, 2.24) is 9.55 Å². The van der Waals surface area contributed by atoms with E-state index in [1.54, 1.807) is 11.8 Å². The molecule has 128 valence electrons. The summed E-state index contributed by atoms with van der Waals surface area (Å²) in [5, 5.41) is 0.741. The Hall–Kier alpha value is -2.27. The number of carbonyl (C=O) groups is 1. The van der Waals surface area contributed by atoms with E-state index in [9.17, 15) is 4.79 Å². The number of carbonyl (C=O) groups excluding carboxylic acids is 1. The van der Waals surface area contributed by atoms with Gasteiger partial charge in [0.25, 0.3) is 0 Å². The minimum atomic E-state index is -0.173. The Bertz CT molecular complexity index is 934. The largest absolute Gasteiger partial charge is 0.319 e. The van der Waals surface area contributed by atoms with E-state index in [0.717, 1.165) is 41.4 Å². The molecular formula is C20H21N3OS. The van der Waals surface area contributed by atoms with Gasteiger partial charge in [-0.05, 0) is 44.0 Å². The third-order valence-electron chi connectivity index (χ3n) is 4.72. The highest BCUT2D eigenvalue weighted by atomic mass is 32.2. The first kappa shape index (κ1) is 16.2. The summed E-state index contributed by atoms with van der Waals surface area (Å²) in [5.41, 5.74) is 4.43. The lowest BCUT2D eigenvalue weighted by molar-refractivity contribution is -0.117. The van der Waals surface area contributed by atoms with Crippen LogP contribution in [0.1, 0.15) is 19.4 Å². The normalized spacial score (nSPS) is 14.7. The van der Waals surface area contributed by atoms with Crippen LogP contribution in [-0.4, -0.2) is 27.3 Å². The van der Waals surface area contributed by atoms with Gasteiger partial charge in [-0.25, -0.2) is 4.98 Å². The lowest BCUT2D eigenvalue weighted by Crippen LogP contribution is -2.35. The highest BCUT2D eigenvalue weighted by molar-refractivity contribution is 8.00. The number of hydrogen-bond acceptors (Lipinski definition) is 3. The minimum absolute atomic E-state index is 0.157. The van der Waals surface area contributed by atoms with Crippen molar-refractivity contribution in [1.29, 1.82) is 0 Å². The van der Waals surface area contributed by atoms with Crippen LogP contribution in [0.5, 0.6) is 0 Å². The maximum Gasteiger partial charge on any atom is 0.240 e. The smallest absolute Gasteiger partial charge is 0.240 e. The number of amides is 1. The molecule has 0 saturated heterocycles. The van der Waals surface area contributed by atoms with Crippen molar-refractivity contribution in [3.63, 3.8) is 0 Å². The average molecular weight is 351 g/mol. The molecular weight excluding hydrogens is 330 g/mol. The zero-order valence-corrected chi connectivity index (χ0v) is 15.3. The molecule has 1 unspecified atom stereocenters. The lowest BCUT2D eigenvalue weighted by Gasteiger charge is -2.21. The first-order valence-electron chi connectivity index (χ1n) is 8.70. The van der Waals surface area contributed by atoms with Gasteiger partial charge in [-0.1, -0.05) is 42.1 Å². The summed E-state index contributed by atoms with van der Waals surface area (Å²) < 4.78 is 2.18. The average Bonchev–Trinajstić information content (AvgIpc) is 3.21. The molecule has 1 aliphatic rings. The van der Waals surface area contributed by atoms with Crippen molar-refractivity contribution in [2.75, 3.05) is 11.4 Å². The summed E-state index contributed by atoms with van der Waals surface area (Å²) in [6.45, 7) is 5.71. The van der Waals surface area contributed by atoms with Crippen LogP contribution in [0, 0.1) is 0 Å². The molecule has 2 heterocycles. The summed E-state index contributed by atoms with van der Waals surface area (Å²) in [7, 11) is 0. The van der Waals surface area contributed by atoms with Gasteiger partial charge >= 0.3 is 0 Å². The molecule has 0 aliphatic carbocycles. The van der Waals surface area contributed by atoms with Crippen LogP contribution in [0.25, 0.3) is 11.0 Å². The fraction of sp³-hybridized carbons (Fsp3) is 0.300. The predicted octanol–water partition coefficient (Wildman–Crippen LogP) is 4.13.